The van der Waals surface area contributed by atoms with Crippen molar-refractivity contribution in [1.82, 2.24) is 24.0 Å². The van der Waals surface area contributed by atoms with Gasteiger partial charge in [0.25, 0.3) is 0 Å². The molecule has 4 rings (SSSR count). The van der Waals surface area contributed by atoms with Crippen LogP contribution in [0.3, 0.4) is 0 Å². The third-order valence-electron chi connectivity index (χ3n) is 4.87. The zero-order valence-electron chi connectivity index (χ0n) is 13.3. The van der Waals surface area contributed by atoms with Crippen LogP contribution >= 0.6 is 0 Å². The van der Waals surface area contributed by atoms with Gasteiger partial charge in [-0.05, 0) is 18.6 Å². The number of pyridine rings is 1. The Bertz CT molecular complexity index is 855. The van der Waals surface area contributed by atoms with Crippen molar-refractivity contribution in [3.8, 4) is 0 Å². The van der Waals surface area contributed by atoms with Crippen molar-refractivity contribution in [3.63, 3.8) is 0 Å². The molecule has 2 amide bonds. The minimum absolute atomic E-state index is 0.0120. The lowest BCUT2D eigenvalue weighted by molar-refractivity contribution is -0.139. The minimum Gasteiger partial charge on any atom is -0.339 e. The number of fused-ring (bicyclic) bond motifs is 2. The first-order valence-corrected chi connectivity index (χ1v) is 8.25. The molecule has 0 bridgehead atoms. The lowest BCUT2D eigenvalue weighted by Crippen LogP contribution is -2.53. The summed E-state index contributed by atoms with van der Waals surface area (Å²) >= 11 is 0. The van der Waals surface area contributed by atoms with Gasteiger partial charge in [0.1, 0.15) is 0 Å². The topological polar surface area (TPSA) is 79.9 Å². The maximum atomic E-state index is 12.4. The van der Waals surface area contributed by atoms with Crippen LogP contribution < -0.4 is 5.69 Å². The Kier molecular flexibility index (Phi) is 3.59. The molecule has 24 heavy (non-hydrogen) atoms. The second kappa shape index (κ2) is 5.77. The highest BCUT2D eigenvalue weighted by molar-refractivity contribution is 5.80. The highest BCUT2D eigenvalue weighted by Gasteiger charge is 2.36. The monoisotopic (exact) mass is 329 g/mol. The molecule has 8 heteroatoms. The van der Waals surface area contributed by atoms with Crippen molar-refractivity contribution in [2.75, 3.05) is 19.6 Å². The second-order valence-electron chi connectivity index (χ2n) is 6.30. The summed E-state index contributed by atoms with van der Waals surface area (Å²) in [7, 11) is 0. The van der Waals surface area contributed by atoms with E-state index in [1.54, 1.807) is 23.2 Å². The molecule has 0 N–H and O–H groups in total. The third-order valence-corrected chi connectivity index (χ3v) is 4.87. The molecular weight excluding hydrogens is 310 g/mol. The van der Waals surface area contributed by atoms with Gasteiger partial charge in [0.2, 0.25) is 11.8 Å². The summed E-state index contributed by atoms with van der Waals surface area (Å²) in [6, 6.07) is 5.51. The number of carbonyl (C=O) groups is 2. The smallest absolute Gasteiger partial charge is 0.339 e. The molecule has 2 aromatic heterocycles. The van der Waals surface area contributed by atoms with Gasteiger partial charge in [-0.3, -0.25) is 14.0 Å². The Morgan fingerprint density at radius 1 is 1.25 bits per heavy atom. The zero-order valence-corrected chi connectivity index (χ0v) is 13.3. The van der Waals surface area contributed by atoms with Crippen LogP contribution in [-0.2, 0) is 16.1 Å². The van der Waals surface area contributed by atoms with E-state index in [0.29, 0.717) is 31.7 Å². The normalized spacial score (nSPS) is 20.7. The molecule has 2 fully saturated rings. The molecule has 4 heterocycles. The summed E-state index contributed by atoms with van der Waals surface area (Å²) in [6.07, 6.45) is 3.32. The molecule has 2 aromatic rings. The lowest BCUT2D eigenvalue weighted by Gasteiger charge is -2.37. The maximum absolute atomic E-state index is 12.4. The standard InChI is InChI=1S/C16H19N5O3/c22-14(18-9-10-19-12(11-18)4-5-15(19)23)6-8-21-16(24)20-7-2-1-3-13(20)17-21/h1-3,7,12H,4-6,8-11H2. The van der Waals surface area contributed by atoms with Crippen molar-refractivity contribution < 1.29 is 9.59 Å². The van der Waals surface area contributed by atoms with Gasteiger partial charge in [-0.15, -0.1) is 5.10 Å². The number of hydrogen-bond acceptors (Lipinski definition) is 4. The number of aryl methyl sites for hydroxylation is 1. The van der Waals surface area contributed by atoms with Gasteiger partial charge in [-0.1, -0.05) is 6.07 Å². The van der Waals surface area contributed by atoms with E-state index in [2.05, 4.69) is 5.10 Å². The van der Waals surface area contributed by atoms with Gasteiger partial charge < -0.3 is 9.80 Å². The van der Waals surface area contributed by atoms with E-state index in [0.717, 1.165) is 6.42 Å². The van der Waals surface area contributed by atoms with Crippen LogP contribution in [0.2, 0.25) is 0 Å². The highest BCUT2D eigenvalue weighted by atomic mass is 16.2. The quantitative estimate of drug-likeness (QED) is 0.776. The van der Waals surface area contributed by atoms with Crippen LogP contribution in [0.1, 0.15) is 19.3 Å². The number of nitrogens with zero attached hydrogens (tertiary/aromatic N) is 5. The van der Waals surface area contributed by atoms with Gasteiger partial charge in [0.15, 0.2) is 5.65 Å². The molecule has 1 unspecified atom stereocenters. The second-order valence-corrected chi connectivity index (χ2v) is 6.30. The average Bonchev–Trinajstić information content (AvgIpc) is 3.13. The molecule has 2 aliphatic rings. The van der Waals surface area contributed by atoms with E-state index in [1.165, 1.54) is 9.08 Å². The number of piperazine rings is 1. The van der Waals surface area contributed by atoms with Gasteiger partial charge in [-0.25, -0.2) is 9.48 Å². The van der Waals surface area contributed by atoms with E-state index in [9.17, 15) is 14.4 Å². The van der Waals surface area contributed by atoms with Gasteiger partial charge in [0.05, 0.1) is 6.54 Å². The molecule has 0 saturated carbocycles. The fraction of sp³-hybridized carbons (Fsp3) is 0.500. The Morgan fingerprint density at radius 2 is 2.12 bits per heavy atom. The number of hydrogen-bond donors (Lipinski definition) is 0. The zero-order chi connectivity index (χ0) is 16.7. The molecule has 126 valence electrons. The Hall–Kier alpha value is -2.64. The summed E-state index contributed by atoms with van der Waals surface area (Å²) < 4.78 is 2.80. The maximum Gasteiger partial charge on any atom is 0.350 e. The van der Waals surface area contributed by atoms with E-state index < -0.39 is 0 Å². The van der Waals surface area contributed by atoms with Crippen LogP contribution in [0.5, 0.6) is 0 Å². The van der Waals surface area contributed by atoms with Crippen LogP contribution in [0.15, 0.2) is 29.2 Å². The molecule has 0 aromatic carbocycles. The first kappa shape index (κ1) is 14.9. The Morgan fingerprint density at radius 3 is 2.96 bits per heavy atom. The largest absolute Gasteiger partial charge is 0.350 e. The number of aromatic nitrogens is 3. The molecule has 0 spiro atoms. The average molecular weight is 329 g/mol. The van der Waals surface area contributed by atoms with Crippen LogP contribution in [0, 0.1) is 0 Å². The summed E-state index contributed by atoms with van der Waals surface area (Å²) in [5.74, 6) is 0.210. The van der Waals surface area contributed by atoms with Crippen molar-refractivity contribution >= 4 is 17.5 Å². The first-order valence-electron chi connectivity index (χ1n) is 8.25. The predicted molar refractivity (Wildman–Crippen MR) is 85.4 cm³/mol. The van der Waals surface area contributed by atoms with Gasteiger partial charge in [0, 0.05) is 44.7 Å². The van der Waals surface area contributed by atoms with E-state index >= 15 is 0 Å². The molecule has 2 aliphatic heterocycles. The third kappa shape index (κ3) is 2.47. The summed E-state index contributed by atoms with van der Waals surface area (Å²) in [4.78, 5) is 40.0. The number of amides is 2. The van der Waals surface area contributed by atoms with Crippen molar-refractivity contribution in [2.45, 2.75) is 31.8 Å². The van der Waals surface area contributed by atoms with Crippen molar-refractivity contribution in [3.05, 3.63) is 34.9 Å². The Balaban J connectivity index is 1.40. The van der Waals surface area contributed by atoms with Gasteiger partial charge in [-0.2, -0.15) is 0 Å². The van der Waals surface area contributed by atoms with Crippen LogP contribution in [0.25, 0.3) is 5.65 Å². The predicted octanol–water partition coefficient (Wildman–Crippen LogP) is -0.281. The number of carbonyl (C=O) groups excluding carboxylic acids is 2. The molecule has 2 saturated heterocycles. The molecule has 0 radical (unpaired) electrons. The molecular formula is C16H19N5O3. The molecule has 8 nitrogen and oxygen atoms in total. The van der Waals surface area contributed by atoms with E-state index in [-0.39, 0.29) is 36.5 Å². The lowest BCUT2D eigenvalue weighted by atomic mass is 10.1. The molecule has 0 aliphatic carbocycles. The van der Waals surface area contributed by atoms with Crippen LogP contribution in [-0.4, -0.2) is 61.5 Å². The van der Waals surface area contributed by atoms with E-state index in [1.807, 2.05) is 11.0 Å². The Labute approximate surface area is 138 Å². The first-order chi connectivity index (χ1) is 11.6. The van der Waals surface area contributed by atoms with E-state index in [4.69, 9.17) is 0 Å². The fourth-order valence-corrected chi connectivity index (χ4v) is 3.56. The molecule has 1 atom stereocenters. The van der Waals surface area contributed by atoms with Crippen LogP contribution in [0.4, 0.5) is 0 Å². The van der Waals surface area contributed by atoms with Crippen molar-refractivity contribution in [2.24, 2.45) is 0 Å². The summed E-state index contributed by atoms with van der Waals surface area (Å²) in [5, 5.41) is 4.24. The van der Waals surface area contributed by atoms with Crippen molar-refractivity contribution in [1.29, 1.82) is 0 Å². The summed E-state index contributed by atoms with van der Waals surface area (Å²) in [6.45, 7) is 2.05. The minimum atomic E-state index is -0.232. The SMILES string of the molecule is O=C(CCn1nc2ccccn2c1=O)N1CCN2C(=O)CCC2C1. The number of rotatable bonds is 3. The fourth-order valence-electron chi connectivity index (χ4n) is 3.56. The highest BCUT2D eigenvalue weighted by Crippen LogP contribution is 2.23. The summed E-state index contributed by atoms with van der Waals surface area (Å²) in [5.41, 5.74) is 0.345. The van der Waals surface area contributed by atoms with Gasteiger partial charge >= 0.3 is 5.69 Å².